The lowest BCUT2D eigenvalue weighted by Crippen LogP contribution is -2.49. The Labute approximate surface area is 144 Å². The van der Waals surface area contributed by atoms with Crippen molar-refractivity contribution in [1.82, 2.24) is 13.9 Å². The summed E-state index contributed by atoms with van der Waals surface area (Å²) < 4.78 is 34.3. The maximum atomic E-state index is 12.7. The van der Waals surface area contributed by atoms with Crippen molar-refractivity contribution in [2.24, 2.45) is 0 Å². The van der Waals surface area contributed by atoms with Gasteiger partial charge in [0.2, 0.25) is 10.0 Å². The molecule has 0 bridgehead atoms. The second-order valence-electron chi connectivity index (χ2n) is 6.27. The SMILES string of the molecule is O=[N+]([O-])c1cn2c(n1)OC1(CCN(S(=O)(=O)c3ccccc3)CC1)C2. The molecule has 0 aliphatic carbocycles. The summed E-state index contributed by atoms with van der Waals surface area (Å²) in [6.45, 7) is 1.12. The van der Waals surface area contributed by atoms with Crippen molar-refractivity contribution in [2.75, 3.05) is 13.1 Å². The number of nitrogens with zero attached hydrogens (tertiary/aromatic N) is 4. The lowest BCUT2D eigenvalue weighted by atomic mass is 9.92. The number of hydrogen-bond donors (Lipinski definition) is 0. The number of imidazole rings is 1. The van der Waals surface area contributed by atoms with E-state index in [-0.39, 0.29) is 16.7 Å². The maximum absolute atomic E-state index is 12.7. The Morgan fingerprint density at radius 3 is 2.48 bits per heavy atom. The van der Waals surface area contributed by atoms with Crippen LogP contribution in [0.2, 0.25) is 0 Å². The fourth-order valence-electron chi connectivity index (χ4n) is 3.34. The van der Waals surface area contributed by atoms with Crippen molar-refractivity contribution < 1.29 is 18.1 Å². The van der Waals surface area contributed by atoms with Crippen molar-refractivity contribution >= 4 is 15.8 Å². The van der Waals surface area contributed by atoms with Gasteiger partial charge in [-0.2, -0.15) is 4.31 Å². The van der Waals surface area contributed by atoms with E-state index in [1.54, 1.807) is 34.9 Å². The predicted octanol–water partition coefficient (Wildman–Crippen LogP) is 1.41. The van der Waals surface area contributed by atoms with Crippen LogP contribution >= 0.6 is 0 Å². The fourth-order valence-corrected chi connectivity index (χ4v) is 4.80. The van der Waals surface area contributed by atoms with Gasteiger partial charge in [-0.05, 0) is 17.1 Å². The summed E-state index contributed by atoms with van der Waals surface area (Å²) in [7, 11) is -3.51. The van der Waals surface area contributed by atoms with Crippen LogP contribution in [0.3, 0.4) is 0 Å². The van der Waals surface area contributed by atoms with Gasteiger partial charge in [0.1, 0.15) is 11.8 Å². The van der Waals surface area contributed by atoms with Crippen LogP contribution in [0.25, 0.3) is 0 Å². The van der Waals surface area contributed by atoms with Gasteiger partial charge in [0.05, 0.1) is 11.4 Å². The van der Waals surface area contributed by atoms with Crippen LogP contribution in [0.1, 0.15) is 12.8 Å². The number of rotatable bonds is 3. The number of piperidine rings is 1. The van der Waals surface area contributed by atoms with E-state index in [4.69, 9.17) is 4.74 Å². The molecule has 1 fully saturated rings. The first-order chi connectivity index (χ1) is 11.9. The van der Waals surface area contributed by atoms with Gasteiger partial charge in [-0.3, -0.25) is 4.57 Å². The number of fused-ring (bicyclic) bond motifs is 1. The number of aromatic nitrogens is 2. The summed E-state index contributed by atoms with van der Waals surface area (Å²) in [5, 5.41) is 10.8. The molecule has 0 saturated carbocycles. The molecule has 0 N–H and O–H groups in total. The van der Waals surface area contributed by atoms with Crippen molar-refractivity contribution in [3.63, 3.8) is 0 Å². The van der Waals surface area contributed by atoms with Crippen molar-refractivity contribution in [2.45, 2.75) is 29.9 Å². The lowest BCUT2D eigenvalue weighted by Gasteiger charge is -2.36. The van der Waals surface area contributed by atoms with Gasteiger partial charge in [0, 0.05) is 30.9 Å². The number of nitro groups is 1. The third-order valence-electron chi connectivity index (χ3n) is 4.70. The van der Waals surface area contributed by atoms with Crippen LogP contribution in [0.5, 0.6) is 6.01 Å². The minimum atomic E-state index is -3.51. The highest BCUT2D eigenvalue weighted by atomic mass is 32.2. The Hall–Kier alpha value is -2.46. The average molecular weight is 364 g/mol. The highest BCUT2D eigenvalue weighted by Gasteiger charge is 2.47. The highest BCUT2D eigenvalue weighted by molar-refractivity contribution is 7.89. The Balaban J connectivity index is 1.47. The molecule has 1 aromatic heterocycles. The van der Waals surface area contributed by atoms with Gasteiger partial charge < -0.3 is 14.9 Å². The van der Waals surface area contributed by atoms with Crippen LogP contribution in [0.15, 0.2) is 41.4 Å². The molecule has 0 atom stereocenters. The first-order valence-electron chi connectivity index (χ1n) is 7.85. The second kappa shape index (κ2) is 5.53. The van der Waals surface area contributed by atoms with Gasteiger partial charge in [0.25, 0.3) is 0 Å². The molecule has 2 aliphatic heterocycles. The quantitative estimate of drug-likeness (QED) is 0.602. The van der Waals surface area contributed by atoms with Crippen LogP contribution in [0, 0.1) is 10.1 Å². The molecule has 3 heterocycles. The third kappa shape index (κ3) is 2.67. The minimum absolute atomic E-state index is 0.228. The standard InChI is InChI=1S/C15H16N4O5S/c20-19(21)13-10-17-11-15(24-14(17)16-13)6-8-18(9-7-15)25(22,23)12-4-2-1-3-5-12/h1-5,10H,6-9,11H2. The summed E-state index contributed by atoms with van der Waals surface area (Å²) in [4.78, 5) is 14.3. The van der Waals surface area contributed by atoms with E-state index in [2.05, 4.69) is 4.98 Å². The largest absolute Gasteiger partial charge is 0.437 e. The molecule has 10 heteroatoms. The normalized spacial score (nSPS) is 19.5. The number of ether oxygens (including phenoxy) is 1. The molecule has 0 radical (unpaired) electrons. The summed E-state index contributed by atoms with van der Waals surface area (Å²) >= 11 is 0. The Morgan fingerprint density at radius 2 is 1.88 bits per heavy atom. The Kier molecular flexibility index (Phi) is 3.55. The molecular formula is C15H16N4O5S. The molecule has 0 amide bonds. The summed E-state index contributed by atoms with van der Waals surface area (Å²) in [6, 6.07) is 8.57. The first-order valence-corrected chi connectivity index (χ1v) is 9.29. The zero-order valence-electron chi connectivity index (χ0n) is 13.2. The molecule has 1 saturated heterocycles. The molecule has 4 rings (SSSR count). The van der Waals surface area contributed by atoms with Gasteiger partial charge >= 0.3 is 11.8 Å². The Morgan fingerprint density at radius 1 is 1.20 bits per heavy atom. The van der Waals surface area contributed by atoms with E-state index < -0.39 is 20.5 Å². The number of hydrogen-bond acceptors (Lipinski definition) is 6. The molecule has 2 aliphatic rings. The van der Waals surface area contributed by atoms with Crippen molar-refractivity contribution in [3.8, 4) is 6.01 Å². The molecule has 25 heavy (non-hydrogen) atoms. The van der Waals surface area contributed by atoms with Gasteiger partial charge in [0.15, 0.2) is 0 Å². The lowest BCUT2D eigenvalue weighted by molar-refractivity contribution is -0.389. The van der Waals surface area contributed by atoms with E-state index in [1.807, 2.05) is 0 Å². The monoisotopic (exact) mass is 364 g/mol. The van der Waals surface area contributed by atoms with Crippen LogP contribution in [0.4, 0.5) is 5.82 Å². The first kappa shape index (κ1) is 16.0. The number of sulfonamides is 1. The highest BCUT2D eigenvalue weighted by Crippen LogP contribution is 2.38. The van der Waals surface area contributed by atoms with E-state index in [0.29, 0.717) is 32.5 Å². The molecule has 132 valence electrons. The number of benzene rings is 1. The van der Waals surface area contributed by atoms with Crippen LogP contribution in [-0.2, 0) is 16.6 Å². The van der Waals surface area contributed by atoms with Crippen LogP contribution < -0.4 is 4.74 Å². The second-order valence-corrected chi connectivity index (χ2v) is 8.21. The molecular weight excluding hydrogens is 348 g/mol. The van der Waals surface area contributed by atoms with E-state index >= 15 is 0 Å². The van der Waals surface area contributed by atoms with E-state index in [1.165, 1.54) is 10.5 Å². The molecule has 0 unspecified atom stereocenters. The van der Waals surface area contributed by atoms with E-state index in [0.717, 1.165) is 0 Å². The maximum Gasteiger partial charge on any atom is 0.415 e. The molecule has 2 aromatic rings. The molecule has 1 spiro atoms. The topological polar surface area (TPSA) is 108 Å². The summed E-state index contributed by atoms with van der Waals surface area (Å²) in [6.07, 6.45) is 2.38. The van der Waals surface area contributed by atoms with Crippen molar-refractivity contribution in [3.05, 3.63) is 46.6 Å². The van der Waals surface area contributed by atoms with Crippen molar-refractivity contribution in [1.29, 1.82) is 0 Å². The fraction of sp³-hybridized carbons (Fsp3) is 0.400. The van der Waals surface area contributed by atoms with Gasteiger partial charge in [-0.25, -0.2) is 8.42 Å². The summed E-state index contributed by atoms with van der Waals surface area (Å²) in [5.74, 6) is -0.242. The third-order valence-corrected chi connectivity index (χ3v) is 6.61. The van der Waals surface area contributed by atoms with Gasteiger partial charge in [-0.15, -0.1) is 0 Å². The summed E-state index contributed by atoms with van der Waals surface area (Å²) in [5.41, 5.74) is -0.541. The predicted molar refractivity (Wildman–Crippen MR) is 86.7 cm³/mol. The van der Waals surface area contributed by atoms with E-state index in [9.17, 15) is 18.5 Å². The molecule has 9 nitrogen and oxygen atoms in total. The minimum Gasteiger partial charge on any atom is -0.437 e. The zero-order chi connectivity index (χ0) is 17.7. The average Bonchev–Trinajstić information content (AvgIpc) is 3.12. The van der Waals surface area contributed by atoms with Gasteiger partial charge in [-0.1, -0.05) is 18.2 Å². The Bertz CT molecular complexity index is 891. The smallest absolute Gasteiger partial charge is 0.415 e. The zero-order valence-corrected chi connectivity index (χ0v) is 14.1. The van der Waals surface area contributed by atoms with Crippen LogP contribution in [-0.4, -0.2) is 45.9 Å². The molecule has 1 aromatic carbocycles.